The number of amidine groups is 1. The van der Waals surface area contributed by atoms with Crippen molar-refractivity contribution in [1.29, 1.82) is 0 Å². The van der Waals surface area contributed by atoms with E-state index in [0.717, 1.165) is 5.56 Å². The molecular weight excluding hydrogens is 463 g/mol. The summed E-state index contributed by atoms with van der Waals surface area (Å²) in [5.41, 5.74) is 2.11. The predicted octanol–water partition coefficient (Wildman–Crippen LogP) is 4.75. The van der Waals surface area contributed by atoms with Gasteiger partial charge < -0.3 is 19.5 Å². The van der Waals surface area contributed by atoms with E-state index in [1.165, 1.54) is 26.0 Å². The molecule has 1 saturated heterocycles. The lowest BCUT2D eigenvalue weighted by molar-refractivity contribution is -0.142. The van der Waals surface area contributed by atoms with Crippen molar-refractivity contribution in [2.45, 2.75) is 6.92 Å². The smallest absolute Gasteiger partial charge is 0.343 e. The van der Waals surface area contributed by atoms with Gasteiger partial charge in [0.15, 0.2) is 23.3 Å². The number of ether oxygens (including phenoxy) is 3. The number of halogens is 2. The van der Waals surface area contributed by atoms with Crippen molar-refractivity contribution >= 4 is 63.8 Å². The molecule has 3 rings (SSSR count). The number of hydrogen-bond donors (Lipinski definition) is 1. The molecule has 1 N–H and O–H groups in total. The number of nitrogens with zero attached hydrogens (tertiary/aromatic N) is 1. The van der Waals surface area contributed by atoms with Gasteiger partial charge in [-0.05, 0) is 60.2 Å². The number of hydrogen-bond acceptors (Lipinski definition) is 7. The second-order valence-corrected chi connectivity index (χ2v) is 8.11. The number of carbonyl (C=O) groups is 2. The van der Waals surface area contributed by atoms with Crippen LogP contribution in [0.2, 0.25) is 10.0 Å². The molecule has 1 aliphatic rings. The van der Waals surface area contributed by atoms with E-state index >= 15 is 0 Å². The minimum Gasteiger partial charge on any atom is -0.493 e. The van der Waals surface area contributed by atoms with E-state index in [1.54, 1.807) is 30.3 Å². The molecule has 2 aromatic carbocycles. The Morgan fingerprint density at radius 2 is 2.00 bits per heavy atom. The maximum Gasteiger partial charge on any atom is 0.343 e. The fourth-order valence-electron chi connectivity index (χ4n) is 2.61. The molecule has 1 fully saturated rings. The zero-order valence-electron chi connectivity index (χ0n) is 16.8. The number of nitrogens with one attached hydrogen (secondary N) is 1. The Bertz CT molecular complexity index is 1100. The summed E-state index contributed by atoms with van der Waals surface area (Å²) in [6.07, 6.45) is 1.66. The Balaban J connectivity index is 1.85. The summed E-state index contributed by atoms with van der Waals surface area (Å²) in [6, 6.07) is 8.65. The number of esters is 1. The Morgan fingerprint density at radius 3 is 2.71 bits per heavy atom. The minimum absolute atomic E-state index is 0.207. The fourth-order valence-corrected chi connectivity index (χ4v) is 3.89. The number of thioether (sulfide) groups is 1. The van der Waals surface area contributed by atoms with Gasteiger partial charge in [-0.2, -0.15) is 0 Å². The standard InChI is InChI=1S/C21H18Cl2N2O5S/c1-11-13(22)5-4-6-15(11)24-21-25-20(27)17(31-21)9-12-7-14(23)19(16(8-12)28-2)30-10-18(26)29-3/h4-9H,10H2,1-3H3,(H,24,25,27)/b17-9+. The Labute approximate surface area is 193 Å². The third-order valence-electron chi connectivity index (χ3n) is 4.22. The van der Waals surface area contributed by atoms with E-state index < -0.39 is 5.97 Å². The molecule has 0 radical (unpaired) electrons. The topological polar surface area (TPSA) is 86.2 Å². The predicted molar refractivity (Wildman–Crippen MR) is 123 cm³/mol. The van der Waals surface area contributed by atoms with Crippen LogP contribution in [0.5, 0.6) is 11.5 Å². The molecule has 0 aromatic heterocycles. The largest absolute Gasteiger partial charge is 0.493 e. The van der Waals surface area contributed by atoms with Gasteiger partial charge in [-0.15, -0.1) is 0 Å². The van der Waals surface area contributed by atoms with Crippen LogP contribution < -0.4 is 14.8 Å². The molecule has 0 aliphatic carbocycles. The Kier molecular flexibility index (Phi) is 7.48. The summed E-state index contributed by atoms with van der Waals surface area (Å²) in [5.74, 6) is -0.316. The van der Waals surface area contributed by atoms with Crippen LogP contribution in [-0.2, 0) is 14.3 Å². The average molecular weight is 481 g/mol. The van der Waals surface area contributed by atoms with E-state index in [1.807, 2.05) is 13.0 Å². The molecule has 0 atom stereocenters. The fraction of sp³-hybridized carbons (Fsp3) is 0.190. The van der Waals surface area contributed by atoms with Crippen LogP contribution in [0.1, 0.15) is 11.1 Å². The van der Waals surface area contributed by atoms with Crippen molar-refractivity contribution in [2.75, 3.05) is 20.8 Å². The molecule has 162 valence electrons. The Hall–Kier alpha value is -2.68. The monoisotopic (exact) mass is 480 g/mol. The highest BCUT2D eigenvalue weighted by molar-refractivity contribution is 8.18. The van der Waals surface area contributed by atoms with E-state index in [4.69, 9.17) is 32.7 Å². The second kappa shape index (κ2) is 10.1. The molecule has 0 spiro atoms. The van der Waals surface area contributed by atoms with Gasteiger partial charge in [0.05, 0.1) is 29.8 Å². The number of benzene rings is 2. The van der Waals surface area contributed by atoms with Crippen molar-refractivity contribution in [3.05, 3.63) is 56.4 Å². The average Bonchev–Trinajstić information content (AvgIpc) is 3.08. The first-order chi connectivity index (χ1) is 14.8. The zero-order valence-corrected chi connectivity index (χ0v) is 19.2. The van der Waals surface area contributed by atoms with E-state index in [9.17, 15) is 9.59 Å². The first-order valence-electron chi connectivity index (χ1n) is 8.94. The molecule has 0 saturated carbocycles. The van der Waals surface area contributed by atoms with Crippen molar-refractivity contribution in [3.63, 3.8) is 0 Å². The zero-order chi connectivity index (χ0) is 22.5. The van der Waals surface area contributed by atoms with E-state index in [-0.39, 0.29) is 23.3 Å². The first-order valence-corrected chi connectivity index (χ1v) is 10.5. The van der Waals surface area contributed by atoms with Gasteiger partial charge in [0.2, 0.25) is 0 Å². The third-order valence-corrected chi connectivity index (χ3v) is 5.82. The Morgan fingerprint density at radius 1 is 1.23 bits per heavy atom. The number of aliphatic imine (C=N–C) groups is 1. The minimum atomic E-state index is -0.551. The van der Waals surface area contributed by atoms with E-state index in [2.05, 4.69) is 15.0 Å². The van der Waals surface area contributed by atoms with Crippen molar-refractivity contribution < 1.29 is 23.8 Å². The number of carbonyl (C=O) groups excluding carboxylic acids is 2. The number of amides is 1. The lowest BCUT2D eigenvalue weighted by Crippen LogP contribution is -2.19. The molecule has 10 heteroatoms. The summed E-state index contributed by atoms with van der Waals surface area (Å²) in [5, 5.41) is 4.00. The van der Waals surface area contributed by atoms with Gasteiger partial charge >= 0.3 is 5.97 Å². The third kappa shape index (κ3) is 5.52. The maximum absolute atomic E-state index is 12.4. The number of methoxy groups -OCH3 is 2. The van der Waals surface area contributed by atoms with Crippen LogP contribution >= 0.6 is 35.0 Å². The molecule has 2 aromatic rings. The van der Waals surface area contributed by atoms with Gasteiger partial charge in [0.25, 0.3) is 5.91 Å². The van der Waals surface area contributed by atoms with Gasteiger partial charge in [0.1, 0.15) is 0 Å². The van der Waals surface area contributed by atoms with Crippen LogP contribution in [0.15, 0.2) is 40.2 Å². The van der Waals surface area contributed by atoms with Gasteiger partial charge in [-0.25, -0.2) is 9.79 Å². The molecule has 0 unspecified atom stereocenters. The van der Waals surface area contributed by atoms with Crippen molar-refractivity contribution in [1.82, 2.24) is 5.32 Å². The quantitative estimate of drug-likeness (QED) is 0.473. The normalized spacial score (nSPS) is 15.8. The van der Waals surface area contributed by atoms with Gasteiger partial charge in [-0.3, -0.25) is 4.79 Å². The molecule has 1 heterocycles. The molecular formula is C21H18Cl2N2O5S. The molecule has 0 bridgehead atoms. The van der Waals surface area contributed by atoms with Crippen molar-refractivity contribution in [3.8, 4) is 11.5 Å². The molecule has 1 amide bonds. The van der Waals surface area contributed by atoms with Crippen LogP contribution in [0, 0.1) is 6.92 Å². The molecule has 7 nitrogen and oxygen atoms in total. The first kappa shape index (κ1) is 23.0. The lowest BCUT2D eigenvalue weighted by atomic mass is 10.2. The molecule has 1 aliphatic heterocycles. The molecule has 31 heavy (non-hydrogen) atoms. The second-order valence-electron chi connectivity index (χ2n) is 6.26. The summed E-state index contributed by atoms with van der Waals surface area (Å²) in [7, 11) is 2.71. The summed E-state index contributed by atoms with van der Waals surface area (Å²) < 4.78 is 15.3. The van der Waals surface area contributed by atoms with Crippen LogP contribution in [0.3, 0.4) is 0 Å². The van der Waals surface area contributed by atoms with Crippen LogP contribution in [0.4, 0.5) is 5.69 Å². The summed E-state index contributed by atoms with van der Waals surface area (Å²) in [6.45, 7) is 1.55. The maximum atomic E-state index is 12.4. The lowest BCUT2D eigenvalue weighted by Gasteiger charge is -2.12. The summed E-state index contributed by atoms with van der Waals surface area (Å²) in [4.78, 5) is 28.6. The highest BCUT2D eigenvalue weighted by atomic mass is 35.5. The van der Waals surface area contributed by atoms with Gasteiger partial charge in [-0.1, -0.05) is 29.3 Å². The summed E-state index contributed by atoms with van der Waals surface area (Å²) >= 11 is 13.6. The highest BCUT2D eigenvalue weighted by Crippen LogP contribution is 2.38. The SMILES string of the molecule is COC(=O)COc1c(Cl)cc(/C=C2/SC(=Nc3cccc(Cl)c3C)NC2=O)cc1OC. The van der Waals surface area contributed by atoms with Gasteiger partial charge in [0, 0.05) is 5.02 Å². The van der Waals surface area contributed by atoms with E-state index in [0.29, 0.717) is 32.1 Å². The number of rotatable bonds is 6. The highest BCUT2D eigenvalue weighted by Gasteiger charge is 2.24. The van der Waals surface area contributed by atoms with Crippen molar-refractivity contribution in [2.24, 2.45) is 4.99 Å². The van der Waals surface area contributed by atoms with Crippen LogP contribution in [0.25, 0.3) is 6.08 Å². The van der Waals surface area contributed by atoms with Crippen LogP contribution in [-0.4, -0.2) is 37.9 Å².